The molecule has 334 valence electrons. The van der Waals surface area contributed by atoms with Crippen molar-refractivity contribution in [3.63, 3.8) is 0 Å². The molecule has 0 amide bonds. The summed E-state index contributed by atoms with van der Waals surface area (Å²) >= 11 is 0. The van der Waals surface area contributed by atoms with Crippen molar-refractivity contribution >= 4 is 25.5 Å². The number of hydrogen-bond donors (Lipinski definition) is 3. The smallest absolute Gasteiger partial charge is 0.462 e. The van der Waals surface area contributed by atoms with Gasteiger partial charge >= 0.3 is 19.8 Å². The highest BCUT2D eigenvalue weighted by molar-refractivity contribution is 7.47. The van der Waals surface area contributed by atoms with Gasteiger partial charge in [0.1, 0.15) is 6.61 Å². The Labute approximate surface area is 355 Å². The fraction of sp³-hybridized carbons (Fsp3) is 0.638. The second-order valence-electron chi connectivity index (χ2n) is 14.9. The number of carbonyl (C=O) groups excluding carboxylic acids is 3. The second-order valence-corrected chi connectivity index (χ2v) is 16.3. The molecule has 12 heteroatoms. The van der Waals surface area contributed by atoms with Crippen LogP contribution < -0.4 is 5.73 Å². The van der Waals surface area contributed by atoms with E-state index >= 15 is 0 Å². The number of rotatable bonds is 37. The molecule has 0 radical (unpaired) electrons. The van der Waals surface area contributed by atoms with Crippen molar-refractivity contribution in [2.45, 2.75) is 154 Å². The highest BCUT2D eigenvalue weighted by Gasteiger charge is 2.27. The predicted octanol–water partition coefficient (Wildman–Crippen LogP) is 10.4. The second kappa shape index (κ2) is 36.7. The zero-order valence-electron chi connectivity index (χ0n) is 36.0. The Hall–Kier alpha value is -3.18. The summed E-state index contributed by atoms with van der Waals surface area (Å²) in [7, 11) is -4.44. The van der Waals surface area contributed by atoms with Crippen LogP contribution in [-0.2, 0) is 37.5 Å². The fourth-order valence-electron chi connectivity index (χ4n) is 6.08. The number of phosphoric ester groups is 1. The first-order chi connectivity index (χ1) is 28.6. The molecular weight excluding hydrogens is 769 g/mol. The zero-order chi connectivity index (χ0) is 43.2. The summed E-state index contributed by atoms with van der Waals surface area (Å²) in [4.78, 5) is 47.4. The third-order valence-electron chi connectivity index (χ3n) is 9.50. The van der Waals surface area contributed by atoms with Crippen LogP contribution in [0.1, 0.15) is 142 Å². The largest absolute Gasteiger partial charge is 0.472 e. The summed E-state index contributed by atoms with van der Waals surface area (Å²) < 4.78 is 32.7. The van der Waals surface area contributed by atoms with Crippen molar-refractivity contribution in [2.24, 2.45) is 17.6 Å². The lowest BCUT2D eigenvalue weighted by Gasteiger charge is -2.19. The fourth-order valence-corrected chi connectivity index (χ4v) is 6.84. The van der Waals surface area contributed by atoms with Crippen LogP contribution >= 0.6 is 7.82 Å². The van der Waals surface area contributed by atoms with Gasteiger partial charge in [0.2, 0.25) is 0 Å². The lowest BCUT2D eigenvalue weighted by Crippen LogP contribution is -2.29. The van der Waals surface area contributed by atoms with E-state index in [1.165, 1.54) is 25.7 Å². The van der Waals surface area contributed by atoms with Crippen LogP contribution in [-0.4, -0.2) is 66.3 Å². The first-order valence-electron chi connectivity index (χ1n) is 22.1. The van der Waals surface area contributed by atoms with Gasteiger partial charge in [-0.2, -0.15) is 0 Å². The summed E-state index contributed by atoms with van der Waals surface area (Å²) in [5.74, 6) is -1.25. The lowest BCUT2D eigenvalue weighted by molar-refractivity contribution is -0.161. The molecule has 0 spiro atoms. The zero-order valence-corrected chi connectivity index (χ0v) is 36.9. The molecule has 1 unspecified atom stereocenters. The number of carbonyl (C=O) groups is 3. The average molecular weight is 846 g/mol. The van der Waals surface area contributed by atoms with E-state index in [0.29, 0.717) is 32.1 Å². The minimum Gasteiger partial charge on any atom is -0.462 e. The molecule has 0 saturated heterocycles. The number of esters is 2. The molecule has 0 aliphatic heterocycles. The Morgan fingerprint density at radius 3 is 2.02 bits per heavy atom. The third kappa shape index (κ3) is 31.4. The van der Waals surface area contributed by atoms with E-state index in [4.69, 9.17) is 24.3 Å². The van der Waals surface area contributed by atoms with Crippen LogP contribution in [0, 0.1) is 11.8 Å². The molecule has 0 heterocycles. The van der Waals surface area contributed by atoms with Crippen LogP contribution in [0.2, 0.25) is 0 Å². The Bertz CT molecular complexity index is 1380. The van der Waals surface area contributed by atoms with Crippen molar-refractivity contribution < 1.29 is 47.5 Å². The Morgan fingerprint density at radius 2 is 1.36 bits per heavy atom. The maximum Gasteiger partial charge on any atom is 0.472 e. The van der Waals surface area contributed by atoms with Gasteiger partial charge < -0.3 is 25.2 Å². The van der Waals surface area contributed by atoms with E-state index in [1.54, 1.807) is 12.2 Å². The van der Waals surface area contributed by atoms with Crippen molar-refractivity contribution in [1.29, 1.82) is 0 Å². The third-order valence-corrected chi connectivity index (χ3v) is 10.5. The Kier molecular flexibility index (Phi) is 33.4. The molecule has 0 saturated carbocycles. The quantitative estimate of drug-likeness (QED) is 0.0235. The molecule has 1 aliphatic carbocycles. The molecule has 1 rings (SSSR count). The predicted molar refractivity (Wildman–Crippen MR) is 237 cm³/mol. The SMILES string of the molecule is CCCCC/C=C\C/C=C\C/C=C\C/C=C\CCCCCC(=O)O[C@H](COC(=O)CCC/C=C\C[C@H]1C=CC(=O)[C@@H]1/C=C/[C@@H](O)CCCCC)COP(=O)(O)OCCN. The minimum atomic E-state index is -4.44. The summed E-state index contributed by atoms with van der Waals surface area (Å²) in [5.41, 5.74) is 5.34. The molecule has 0 bridgehead atoms. The number of hydrogen-bond acceptors (Lipinski definition) is 10. The minimum absolute atomic E-state index is 0.0149. The van der Waals surface area contributed by atoms with Gasteiger partial charge in [0.25, 0.3) is 0 Å². The van der Waals surface area contributed by atoms with E-state index < -0.39 is 38.6 Å². The van der Waals surface area contributed by atoms with Gasteiger partial charge in [0, 0.05) is 25.3 Å². The van der Waals surface area contributed by atoms with Crippen LogP contribution in [0.25, 0.3) is 0 Å². The normalized spacial score (nSPS) is 18.1. The number of ketones is 1. The van der Waals surface area contributed by atoms with Gasteiger partial charge in [0.05, 0.1) is 19.3 Å². The van der Waals surface area contributed by atoms with E-state index in [0.717, 1.165) is 57.8 Å². The summed E-state index contributed by atoms with van der Waals surface area (Å²) in [6, 6.07) is 0. The summed E-state index contributed by atoms with van der Waals surface area (Å²) in [6.45, 7) is 3.31. The highest BCUT2D eigenvalue weighted by atomic mass is 31.2. The van der Waals surface area contributed by atoms with Gasteiger partial charge in [-0.1, -0.05) is 131 Å². The number of phosphoric acid groups is 1. The maximum atomic E-state index is 12.6. The molecule has 0 fully saturated rings. The van der Waals surface area contributed by atoms with E-state index in [-0.39, 0.29) is 50.2 Å². The number of aliphatic hydroxyl groups is 1. The molecule has 11 nitrogen and oxygen atoms in total. The number of nitrogens with two attached hydrogens (primary N) is 1. The molecule has 0 aromatic carbocycles. The maximum absolute atomic E-state index is 12.6. The van der Waals surface area contributed by atoms with Crippen LogP contribution in [0.5, 0.6) is 0 Å². The molecule has 4 N–H and O–H groups in total. The first kappa shape index (κ1) is 53.8. The average Bonchev–Trinajstić information content (AvgIpc) is 3.57. The van der Waals surface area contributed by atoms with Gasteiger partial charge in [0.15, 0.2) is 11.9 Å². The van der Waals surface area contributed by atoms with Gasteiger partial charge in [-0.05, 0) is 89.0 Å². The number of aliphatic hydroxyl groups excluding tert-OH is 1. The Morgan fingerprint density at radius 1 is 0.763 bits per heavy atom. The van der Waals surface area contributed by atoms with Gasteiger partial charge in [-0.15, -0.1) is 0 Å². The highest BCUT2D eigenvalue weighted by Crippen LogP contribution is 2.43. The standard InChI is InChI=1S/C47H76NO10P/c1-3-5-7-8-9-10-11-12-13-14-15-16-17-18-19-20-21-22-28-32-47(52)58-43(40-57-59(53,54)56-38-37-48)39-55-46(51)31-27-24-23-26-29-41-33-36-45(50)44(41)35-34-42(49)30-25-6-4-2/h9-10,12-13,15-16,18-19,23,26,33-36,41-44,49H,3-8,11,14,17,20-22,24-25,27-32,37-40,48H2,1-2H3,(H,53,54)/b10-9-,13-12-,16-15-,19-18-,26-23-,35-34+/t41-,42-,43+,44+/m0/s1. The molecule has 59 heavy (non-hydrogen) atoms. The van der Waals surface area contributed by atoms with Crippen molar-refractivity contribution in [3.05, 3.63) is 85.1 Å². The van der Waals surface area contributed by atoms with E-state index in [2.05, 4.69) is 62.5 Å². The van der Waals surface area contributed by atoms with Gasteiger partial charge in [-0.3, -0.25) is 23.4 Å². The topological polar surface area (TPSA) is 172 Å². The van der Waals surface area contributed by atoms with Crippen LogP contribution in [0.3, 0.4) is 0 Å². The van der Waals surface area contributed by atoms with Crippen molar-refractivity contribution in [1.82, 2.24) is 0 Å². The number of allylic oxidation sites excluding steroid dienone is 13. The summed E-state index contributed by atoms with van der Waals surface area (Å²) in [6.07, 6.45) is 43.8. The van der Waals surface area contributed by atoms with E-state index in [1.807, 2.05) is 24.3 Å². The van der Waals surface area contributed by atoms with E-state index in [9.17, 15) is 28.9 Å². The number of unbranched alkanes of at least 4 members (excludes halogenated alkanes) is 9. The van der Waals surface area contributed by atoms with Crippen molar-refractivity contribution in [2.75, 3.05) is 26.4 Å². The molecule has 0 aromatic rings. The van der Waals surface area contributed by atoms with Crippen LogP contribution in [0.15, 0.2) is 85.1 Å². The lowest BCUT2D eigenvalue weighted by atomic mass is 9.90. The van der Waals surface area contributed by atoms with Gasteiger partial charge in [-0.25, -0.2) is 4.57 Å². The van der Waals surface area contributed by atoms with Crippen LogP contribution in [0.4, 0.5) is 0 Å². The first-order valence-corrected chi connectivity index (χ1v) is 23.6. The Balaban J connectivity index is 2.38. The summed E-state index contributed by atoms with van der Waals surface area (Å²) in [5, 5.41) is 10.2. The number of ether oxygens (including phenoxy) is 2. The molecule has 0 aromatic heterocycles. The van der Waals surface area contributed by atoms with Crippen molar-refractivity contribution in [3.8, 4) is 0 Å². The monoisotopic (exact) mass is 846 g/mol. The molecule has 5 atom stereocenters. The molecular formula is C47H76NO10P. The molecule has 1 aliphatic rings.